The van der Waals surface area contributed by atoms with E-state index < -0.39 is 5.91 Å². The maximum atomic E-state index is 10.9. The summed E-state index contributed by atoms with van der Waals surface area (Å²) in [6.07, 6.45) is 2.90. The minimum absolute atomic E-state index is 0.0168. The highest BCUT2D eigenvalue weighted by Gasteiger charge is 2.12. The van der Waals surface area contributed by atoms with E-state index in [4.69, 9.17) is 5.73 Å². The van der Waals surface area contributed by atoms with Gasteiger partial charge in [0.05, 0.1) is 6.20 Å². The average molecular weight is 256 g/mol. The summed E-state index contributed by atoms with van der Waals surface area (Å²) in [6, 6.07) is 1.65. The molecule has 2 rings (SSSR count). The first-order chi connectivity index (χ1) is 6.59. The number of primary amides is 1. The first kappa shape index (κ1) is 9.01. The van der Waals surface area contributed by atoms with Crippen LogP contribution in [0.5, 0.6) is 5.75 Å². The maximum Gasteiger partial charge on any atom is 0.254 e. The summed E-state index contributed by atoms with van der Waals surface area (Å²) >= 11 is 3.23. The van der Waals surface area contributed by atoms with E-state index in [-0.39, 0.29) is 11.3 Å². The fraction of sp³-hybridized carbons (Fsp3) is 0. The second kappa shape index (κ2) is 2.98. The van der Waals surface area contributed by atoms with Crippen LogP contribution in [0.3, 0.4) is 0 Å². The Morgan fingerprint density at radius 1 is 1.64 bits per heavy atom. The smallest absolute Gasteiger partial charge is 0.254 e. The van der Waals surface area contributed by atoms with Crippen molar-refractivity contribution in [2.75, 3.05) is 0 Å². The molecule has 0 saturated heterocycles. The molecule has 0 atom stereocenters. The van der Waals surface area contributed by atoms with Crippen molar-refractivity contribution >= 4 is 27.4 Å². The van der Waals surface area contributed by atoms with Crippen molar-refractivity contribution in [3.05, 3.63) is 28.5 Å². The first-order valence-corrected chi connectivity index (χ1v) is 4.54. The highest BCUT2D eigenvalue weighted by molar-refractivity contribution is 9.10. The molecule has 5 nitrogen and oxygen atoms in total. The topological polar surface area (TPSA) is 80.6 Å². The molecule has 0 spiro atoms. The maximum absolute atomic E-state index is 10.9. The van der Waals surface area contributed by atoms with Crippen molar-refractivity contribution in [2.24, 2.45) is 5.73 Å². The van der Waals surface area contributed by atoms with Crippen LogP contribution < -0.4 is 5.73 Å². The molecule has 72 valence electrons. The van der Waals surface area contributed by atoms with Crippen molar-refractivity contribution in [3.63, 3.8) is 0 Å². The Balaban J connectivity index is 2.80. The fourth-order valence-corrected chi connectivity index (χ4v) is 1.60. The molecule has 0 aliphatic rings. The summed E-state index contributed by atoms with van der Waals surface area (Å²) in [5.74, 6) is -0.854. The summed E-state index contributed by atoms with van der Waals surface area (Å²) < 4.78 is 2.22. The van der Waals surface area contributed by atoms with Gasteiger partial charge in [0.25, 0.3) is 5.91 Å². The summed E-state index contributed by atoms with van der Waals surface area (Å²) in [6.45, 7) is 0. The van der Waals surface area contributed by atoms with Gasteiger partial charge in [-0.15, -0.1) is 0 Å². The molecule has 0 aliphatic heterocycles. The number of hydrogen-bond acceptors (Lipinski definition) is 3. The lowest BCUT2D eigenvalue weighted by atomic mass is 10.2. The van der Waals surface area contributed by atoms with E-state index in [1.165, 1.54) is 10.7 Å². The number of carbonyl (C=O) groups is 1. The molecule has 0 bridgehead atoms. The van der Waals surface area contributed by atoms with Gasteiger partial charge >= 0.3 is 0 Å². The van der Waals surface area contributed by atoms with E-state index in [2.05, 4.69) is 21.0 Å². The molecule has 0 unspecified atom stereocenters. The second-order valence-corrected chi connectivity index (χ2v) is 3.67. The van der Waals surface area contributed by atoms with Crippen LogP contribution in [0.25, 0.3) is 5.52 Å². The quantitative estimate of drug-likeness (QED) is 0.795. The Labute approximate surface area is 87.3 Å². The van der Waals surface area contributed by atoms with Crippen molar-refractivity contribution in [1.82, 2.24) is 9.61 Å². The lowest BCUT2D eigenvalue weighted by Crippen LogP contribution is -2.12. The zero-order valence-electron chi connectivity index (χ0n) is 6.94. The van der Waals surface area contributed by atoms with Crippen molar-refractivity contribution in [2.45, 2.75) is 0 Å². The van der Waals surface area contributed by atoms with Crippen LogP contribution in [-0.4, -0.2) is 20.6 Å². The van der Waals surface area contributed by atoms with Crippen LogP contribution in [0.2, 0.25) is 0 Å². The lowest BCUT2D eigenvalue weighted by molar-refractivity contribution is 0.0997. The Bertz CT molecular complexity index is 521. The number of aromatic nitrogens is 2. The third-order valence-electron chi connectivity index (χ3n) is 1.84. The lowest BCUT2D eigenvalue weighted by Gasteiger charge is -2.01. The highest BCUT2D eigenvalue weighted by Crippen LogP contribution is 2.25. The zero-order valence-corrected chi connectivity index (χ0v) is 8.52. The van der Waals surface area contributed by atoms with Crippen LogP contribution in [0.4, 0.5) is 0 Å². The third kappa shape index (κ3) is 1.24. The summed E-state index contributed by atoms with van der Waals surface area (Å²) in [5.41, 5.74) is 5.51. The van der Waals surface area contributed by atoms with Gasteiger partial charge in [0.15, 0.2) is 5.75 Å². The van der Waals surface area contributed by atoms with Gasteiger partial charge in [-0.1, -0.05) is 0 Å². The number of rotatable bonds is 1. The molecule has 2 aromatic rings. The average Bonchev–Trinajstić information content (AvgIpc) is 2.46. The largest absolute Gasteiger partial charge is 0.505 e. The Hall–Kier alpha value is -1.56. The minimum atomic E-state index is -0.699. The molecule has 2 aromatic heterocycles. The predicted molar refractivity (Wildman–Crippen MR) is 53.1 cm³/mol. The van der Waals surface area contributed by atoms with E-state index >= 15 is 0 Å². The molecule has 0 aromatic carbocycles. The van der Waals surface area contributed by atoms with Crippen molar-refractivity contribution in [1.29, 1.82) is 0 Å². The van der Waals surface area contributed by atoms with E-state index in [9.17, 15) is 9.90 Å². The standard InChI is InChI=1S/C8H6BrN3O2/c9-4-1-6-7(13)5(8(10)14)2-11-12(6)3-4/h1-3,13H,(H2,10,14). The minimum Gasteiger partial charge on any atom is -0.505 e. The number of carbonyl (C=O) groups excluding carboxylic acids is 1. The third-order valence-corrected chi connectivity index (χ3v) is 2.28. The number of halogens is 1. The highest BCUT2D eigenvalue weighted by atomic mass is 79.9. The molecule has 14 heavy (non-hydrogen) atoms. The normalized spacial score (nSPS) is 10.6. The van der Waals surface area contributed by atoms with Crippen LogP contribution >= 0.6 is 15.9 Å². The number of hydrogen-bond donors (Lipinski definition) is 2. The van der Waals surface area contributed by atoms with Crippen LogP contribution in [0.1, 0.15) is 10.4 Å². The summed E-state index contributed by atoms with van der Waals surface area (Å²) in [4.78, 5) is 10.9. The van der Waals surface area contributed by atoms with E-state index in [0.717, 1.165) is 4.47 Å². The van der Waals surface area contributed by atoms with Gasteiger partial charge in [0, 0.05) is 10.7 Å². The number of amides is 1. The monoisotopic (exact) mass is 255 g/mol. The molecular weight excluding hydrogens is 250 g/mol. The number of nitrogens with zero attached hydrogens (tertiary/aromatic N) is 2. The predicted octanol–water partition coefficient (Wildman–Crippen LogP) is 0.901. The molecule has 0 aliphatic carbocycles. The van der Waals surface area contributed by atoms with Gasteiger partial charge in [-0.25, -0.2) is 4.52 Å². The van der Waals surface area contributed by atoms with Crippen LogP contribution in [0, 0.1) is 0 Å². The van der Waals surface area contributed by atoms with E-state index in [1.807, 2.05) is 0 Å². The first-order valence-electron chi connectivity index (χ1n) is 3.75. The van der Waals surface area contributed by atoms with E-state index in [0.29, 0.717) is 5.52 Å². The number of aromatic hydroxyl groups is 1. The van der Waals surface area contributed by atoms with Crippen LogP contribution in [-0.2, 0) is 0 Å². The molecular formula is C8H6BrN3O2. The zero-order chi connectivity index (χ0) is 10.3. The molecule has 1 amide bonds. The van der Waals surface area contributed by atoms with Gasteiger partial charge in [0.1, 0.15) is 11.1 Å². The Morgan fingerprint density at radius 2 is 2.36 bits per heavy atom. The molecule has 3 N–H and O–H groups in total. The van der Waals surface area contributed by atoms with Gasteiger partial charge in [-0.2, -0.15) is 5.10 Å². The van der Waals surface area contributed by atoms with Gasteiger partial charge < -0.3 is 10.8 Å². The second-order valence-electron chi connectivity index (χ2n) is 2.76. The summed E-state index contributed by atoms with van der Waals surface area (Å²) in [7, 11) is 0. The van der Waals surface area contributed by atoms with Gasteiger partial charge in [-0.05, 0) is 22.0 Å². The Morgan fingerprint density at radius 3 is 3.00 bits per heavy atom. The van der Waals surface area contributed by atoms with Gasteiger partial charge in [-0.3, -0.25) is 4.79 Å². The van der Waals surface area contributed by atoms with Crippen molar-refractivity contribution in [3.8, 4) is 5.75 Å². The molecule has 2 heterocycles. The number of fused-ring (bicyclic) bond motifs is 1. The number of nitrogens with two attached hydrogens (primary N) is 1. The Kier molecular flexibility index (Phi) is 1.92. The molecule has 0 saturated carbocycles. The molecule has 0 fully saturated rings. The fourth-order valence-electron chi connectivity index (χ4n) is 1.19. The SMILES string of the molecule is NC(=O)c1cnn2cc(Br)cc2c1O. The molecule has 6 heteroatoms. The van der Waals surface area contributed by atoms with E-state index in [1.54, 1.807) is 12.3 Å². The molecule has 0 radical (unpaired) electrons. The van der Waals surface area contributed by atoms with Crippen molar-refractivity contribution < 1.29 is 9.90 Å². The summed E-state index contributed by atoms with van der Waals surface area (Å²) in [5, 5.41) is 13.6. The van der Waals surface area contributed by atoms with Gasteiger partial charge in [0.2, 0.25) is 0 Å². The van der Waals surface area contributed by atoms with Crippen LogP contribution in [0.15, 0.2) is 22.9 Å².